The van der Waals surface area contributed by atoms with Crippen LogP contribution in [0.5, 0.6) is 5.75 Å². The van der Waals surface area contributed by atoms with Crippen molar-refractivity contribution in [3.05, 3.63) is 57.4 Å². The van der Waals surface area contributed by atoms with Crippen LogP contribution in [0.3, 0.4) is 0 Å². The van der Waals surface area contributed by atoms with E-state index in [0.29, 0.717) is 41.0 Å². The number of hydrogen-bond acceptors (Lipinski definition) is 8. The van der Waals surface area contributed by atoms with Gasteiger partial charge in [0.1, 0.15) is 5.75 Å². The topological polar surface area (TPSA) is 106 Å². The Balaban J connectivity index is 1.34. The summed E-state index contributed by atoms with van der Waals surface area (Å²) in [6.45, 7) is 6.82. The number of thiophene rings is 1. The molecule has 1 amide bonds. The predicted octanol–water partition coefficient (Wildman–Crippen LogP) is 2.78. The van der Waals surface area contributed by atoms with E-state index in [2.05, 4.69) is 10.1 Å². The van der Waals surface area contributed by atoms with Crippen molar-refractivity contribution in [1.29, 1.82) is 0 Å². The molecule has 1 aromatic carbocycles. The summed E-state index contributed by atoms with van der Waals surface area (Å²) in [6, 6.07) is 8.53. The van der Waals surface area contributed by atoms with Gasteiger partial charge in [0.2, 0.25) is 21.7 Å². The van der Waals surface area contributed by atoms with Crippen molar-refractivity contribution >= 4 is 27.3 Å². The normalized spacial score (nSPS) is 15.2. The first-order valence-electron chi connectivity index (χ1n) is 10.1. The summed E-state index contributed by atoms with van der Waals surface area (Å²) in [5.74, 6) is 1.37. The highest BCUT2D eigenvalue weighted by atomic mass is 32.2. The van der Waals surface area contributed by atoms with Gasteiger partial charge >= 0.3 is 0 Å². The fourth-order valence-electron chi connectivity index (χ4n) is 3.56. The second-order valence-electron chi connectivity index (χ2n) is 7.52. The van der Waals surface area contributed by atoms with Gasteiger partial charge in [-0.1, -0.05) is 5.16 Å². The minimum atomic E-state index is -3.55. The van der Waals surface area contributed by atoms with Crippen LogP contribution in [-0.4, -0.2) is 59.8 Å². The van der Waals surface area contributed by atoms with Crippen molar-refractivity contribution < 1.29 is 22.5 Å². The van der Waals surface area contributed by atoms with Crippen molar-refractivity contribution in [3.63, 3.8) is 0 Å². The van der Waals surface area contributed by atoms with Gasteiger partial charge in [-0.05, 0) is 44.2 Å². The Morgan fingerprint density at radius 3 is 2.38 bits per heavy atom. The molecule has 0 atom stereocenters. The lowest BCUT2D eigenvalue weighted by atomic mass is 10.2. The van der Waals surface area contributed by atoms with E-state index in [1.54, 1.807) is 42.2 Å². The molecule has 1 fully saturated rings. The molecular weight excluding hydrogens is 452 g/mol. The standard InChI is InChI=1S/C21H24N4O5S2/c1-14-12-19(15(2)31-14)32(27,28)25-10-8-24(9-11-25)21(26)17-4-6-18(7-5-17)29-13-20-22-16(3)30-23-20/h4-7,12H,8-11,13H2,1-3H3. The number of rotatable bonds is 6. The molecule has 2 aromatic heterocycles. The molecule has 0 aliphatic carbocycles. The van der Waals surface area contributed by atoms with E-state index in [9.17, 15) is 13.2 Å². The van der Waals surface area contributed by atoms with Gasteiger partial charge in [-0.2, -0.15) is 9.29 Å². The minimum absolute atomic E-state index is 0.134. The van der Waals surface area contributed by atoms with Crippen molar-refractivity contribution in [1.82, 2.24) is 19.3 Å². The Kier molecular flexibility index (Phi) is 6.31. The van der Waals surface area contributed by atoms with Crippen molar-refractivity contribution in [3.8, 4) is 5.75 Å². The summed E-state index contributed by atoms with van der Waals surface area (Å²) < 4.78 is 37.9. The summed E-state index contributed by atoms with van der Waals surface area (Å²) in [5.41, 5.74) is 0.522. The van der Waals surface area contributed by atoms with E-state index in [0.717, 1.165) is 9.75 Å². The summed E-state index contributed by atoms with van der Waals surface area (Å²) in [6.07, 6.45) is 0. The molecule has 0 unspecified atom stereocenters. The average Bonchev–Trinajstić information content (AvgIpc) is 3.36. The molecule has 0 spiro atoms. The number of sulfonamides is 1. The van der Waals surface area contributed by atoms with Crippen LogP contribution in [0.4, 0.5) is 0 Å². The van der Waals surface area contributed by atoms with Gasteiger partial charge in [0.05, 0.1) is 4.90 Å². The Hall–Kier alpha value is -2.76. The molecule has 0 radical (unpaired) electrons. The molecule has 0 bridgehead atoms. The van der Waals surface area contributed by atoms with Gasteiger partial charge < -0.3 is 14.2 Å². The third kappa shape index (κ3) is 4.69. The van der Waals surface area contributed by atoms with E-state index in [4.69, 9.17) is 9.26 Å². The molecule has 0 N–H and O–H groups in total. The van der Waals surface area contributed by atoms with Crippen LogP contribution < -0.4 is 4.74 Å². The highest BCUT2D eigenvalue weighted by Gasteiger charge is 2.32. The van der Waals surface area contributed by atoms with E-state index in [1.165, 1.54) is 15.6 Å². The first kappa shape index (κ1) is 22.4. The number of aryl methyl sites for hydroxylation is 3. The monoisotopic (exact) mass is 476 g/mol. The highest BCUT2D eigenvalue weighted by Crippen LogP contribution is 2.28. The van der Waals surface area contributed by atoms with Crippen molar-refractivity contribution in [2.75, 3.05) is 26.2 Å². The number of piperazine rings is 1. The molecule has 3 aromatic rings. The zero-order valence-corrected chi connectivity index (χ0v) is 19.7. The van der Waals surface area contributed by atoms with E-state index >= 15 is 0 Å². The Labute approximate surface area is 190 Å². The third-order valence-electron chi connectivity index (χ3n) is 5.18. The van der Waals surface area contributed by atoms with Crippen molar-refractivity contribution in [2.24, 2.45) is 0 Å². The molecule has 3 heterocycles. The molecule has 1 saturated heterocycles. The number of ether oxygens (including phenoxy) is 1. The van der Waals surface area contributed by atoms with Crippen LogP contribution >= 0.6 is 11.3 Å². The number of nitrogens with zero attached hydrogens (tertiary/aromatic N) is 4. The molecule has 11 heteroatoms. The van der Waals surface area contributed by atoms with E-state index in [1.807, 2.05) is 13.8 Å². The number of hydrogen-bond donors (Lipinski definition) is 0. The number of carbonyl (C=O) groups excluding carboxylic acids is 1. The fraction of sp³-hybridized carbons (Fsp3) is 0.381. The second kappa shape index (κ2) is 9.00. The van der Waals surface area contributed by atoms with Gasteiger partial charge in [0.25, 0.3) is 5.91 Å². The van der Waals surface area contributed by atoms with Crippen LogP contribution in [0, 0.1) is 20.8 Å². The maximum absolute atomic E-state index is 13.0. The smallest absolute Gasteiger partial charge is 0.253 e. The molecule has 0 saturated carbocycles. The lowest BCUT2D eigenvalue weighted by molar-refractivity contribution is 0.0698. The van der Waals surface area contributed by atoms with E-state index in [-0.39, 0.29) is 25.6 Å². The SMILES string of the molecule is Cc1nc(COc2ccc(C(=O)N3CCN(S(=O)(=O)c4cc(C)sc4C)CC3)cc2)no1. The van der Waals surface area contributed by atoms with Crippen LogP contribution in [0.25, 0.3) is 0 Å². The average molecular weight is 477 g/mol. The first-order valence-corrected chi connectivity index (χ1v) is 12.4. The third-order valence-corrected chi connectivity index (χ3v) is 8.30. The Bertz CT molecular complexity index is 1210. The molecule has 1 aliphatic rings. The summed E-state index contributed by atoms with van der Waals surface area (Å²) in [4.78, 5) is 20.7. The highest BCUT2D eigenvalue weighted by molar-refractivity contribution is 7.89. The van der Waals surface area contributed by atoms with Crippen LogP contribution in [0.15, 0.2) is 39.8 Å². The minimum Gasteiger partial charge on any atom is -0.485 e. The molecule has 32 heavy (non-hydrogen) atoms. The first-order chi connectivity index (χ1) is 15.2. The summed E-state index contributed by atoms with van der Waals surface area (Å²) in [5, 5.41) is 3.77. The number of carbonyl (C=O) groups is 1. The zero-order chi connectivity index (χ0) is 22.9. The lowest BCUT2D eigenvalue weighted by Gasteiger charge is -2.34. The van der Waals surface area contributed by atoms with Crippen LogP contribution in [-0.2, 0) is 16.6 Å². The maximum Gasteiger partial charge on any atom is 0.253 e. The van der Waals surface area contributed by atoms with Crippen LogP contribution in [0.1, 0.15) is 31.8 Å². The van der Waals surface area contributed by atoms with Gasteiger partial charge in [-0.25, -0.2) is 8.42 Å². The Morgan fingerprint density at radius 1 is 1.12 bits per heavy atom. The largest absolute Gasteiger partial charge is 0.485 e. The van der Waals surface area contributed by atoms with Gasteiger partial charge in [0.15, 0.2) is 6.61 Å². The molecule has 1 aliphatic heterocycles. The number of aromatic nitrogens is 2. The molecular formula is C21H24N4O5S2. The Morgan fingerprint density at radius 2 is 1.81 bits per heavy atom. The van der Waals surface area contributed by atoms with Gasteiger partial charge in [0, 0.05) is 48.4 Å². The zero-order valence-electron chi connectivity index (χ0n) is 18.1. The quantitative estimate of drug-likeness (QED) is 0.539. The molecule has 9 nitrogen and oxygen atoms in total. The van der Waals surface area contributed by atoms with Gasteiger partial charge in [-0.15, -0.1) is 11.3 Å². The molecule has 170 valence electrons. The number of amides is 1. The lowest BCUT2D eigenvalue weighted by Crippen LogP contribution is -2.50. The maximum atomic E-state index is 13.0. The summed E-state index contributed by atoms with van der Waals surface area (Å²) in [7, 11) is -3.55. The molecule has 4 rings (SSSR count). The number of benzene rings is 1. The van der Waals surface area contributed by atoms with E-state index < -0.39 is 10.0 Å². The predicted molar refractivity (Wildman–Crippen MR) is 118 cm³/mol. The van der Waals surface area contributed by atoms with Gasteiger partial charge in [-0.3, -0.25) is 4.79 Å². The second-order valence-corrected chi connectivity index (χ2v) is 10.9. The summed E-state index contributed by atoms with van der Waals surface area (Å²) >= 11 is 1.47. The van der Waals surface area contributed by atoms with Crippen LogP contribution in [0.2, 0.25) is 0 Å². The fourth-order valence-corrected chi connectivity index (χ4v) is 6.50. The van der Waals surface area contributed by atoms with Crippen molar-refractivity contribution in [2.45, 2.75) is 32.3 Å².